The lowest BCUT2D eigenvalue weighted by Gasteiger charge is -2.09. The molecule has 0 aliphatic rings. The second-order valence-corrected chi connectivity index (χ2v) is 5.96. The Balaban J connectivity index is 2.17. The number of nitrogens with one attached hydrogen (secondary N) is 1. The molecule has 0 radical (unpaired) electrons. The molecule has 5 heteroatoms. The molecule has 22 heavy (non-hydrogen) atoms. The van der Waals surface area contributed by atoms with Crippen molar-refractivity contribution in [2.24, 2.45) is 0 Å². The van der Waals surface area contributed by atoms with Crippen LogP contribution in [0.2, 0.25) is 0 Å². The Kier molecular flexibility index (Phi) is 6.07. The highest BCUT2D eigenvalue weighted by Crippen LogP contribution is 2.17. The summed E-state index contributed by atoms with van der Waals surface area (Å²) in [6.45, 7) is 4.75. The lowest BCUT2D eigenvalue weighted by atomic mass is 10.0. The van der Waals surface area contributed by atoms with Gasteiger partial charge in [0.25, 0.3) is 5.56 Å². The topological polar surface area (TPSA) is 55.0 Å². The molecule has 2 rings (SSSR count). The van der Waals surface area contributed by atoms with Crippen LogP contribution >= 0.6 is 11.8 Å². The van der Waals surface area contributed by atoms with E-state index in [2.05, 4.69) is 16.9 Å². The minimum absolute atomic E-state index is 0.0610. The van der Waals surface area contributed by atoms with Gasteiger partial charge in [0.1, 0.15) is 5.75 Å². The van der Waals surface area contributed by atoms with E-state index >= 15 is 0 Å². The summed E-state index contributed by atoms with van der Waals surface area (Å²) < 4.78 is 5.72. The molecule has 0 aliphatic heterocycles. The number of aryl methyl sites for hydroxylation is 1. The summed E-state index contributed by atoms with van der Waals surface area (Å²) in [7, 11) is 0. The number of rotatable bonds is 7. The highest BCUT2D eigenvalue weighted by molar-refractivity contribution is 7.98. The Labute approximate surface area is 135 Å². The van der Waals surface area contributed by atoms with Crippen LogP contribution in [-0.4, -0.2) is 22.8 Å². The summed E-state index contributed by atoms with van der Waals surface area (Å²) in [5, 5.41) is 0.655. The van der Waals surface area contributed by atoms with Gasteiger partial charge in [0.05, 0.1) is 6.61 Å². The molecular weight excluding hydrogens is 296 g/mol. The number of ether oxygens (including phenoxy) is 1. The van der Waals surface area contributed by atoms with Crippen molar-refractivity contribution in [3.8, 4) is 5.75 Å². The van der Waals surface area contributed by atoms with Crippen molar-refractivity contribution in [3.63, 3.8) is 0 Å². The van der Waals surface area contributed by atoms with Crippen LogP contribution in [0, 0.1) is 6.92 Å². The van der Waals surface area contributed by atoms with E-state index in [1.807, 2.05) is 37.4 Å². The van der Waals surface area contributed by atoms with Crippen LogP contribution in [0.5, 0.6) is 5.75 Å². The summed E-state index contributed by atoms with van der Waals surface area (Å²) in [5.74, 6) is 0.855. The second-order valence-electron chi connectivity index (χ2n) is 5.17. The van der Waals surface area contributed by atoms with E-state index in [-0.39, 0.29) is 5.56 Å². The number of H-pyrrole nitrogens is 1. The van der Waals surface area contributed by atoms with Gasteiger partial charge in [-0.05, 0) is 37.3 Å². The fraction of sp³-hybridized carbons (Fsp3) is 0.412. The molecule has 1 heterocycles. The third-order valence-corrected chi connectivity index (χ3v) is 4.02. The first-order chi connectivity index (χ1) is 10.6. The molecule has 0 spiro atoms. The number of thioether (sulfide) groups is 1. The molecule has 0 unspecified atom stereocenters. The predicted molar refractivity (Wildman–Crippen MR) is 91.0 cm³/mol. The Morgan fingerprint density at radius 1 is 1.36 bits per heavy atom. The summed E-state index contributed by atoms with van der Waals surface area (Å²) in [6.07, 6.45) is 4.62. The van der Waals surface area contributed by atoms with Crippen molar-refractivity contribution < 1.29 is 4.74 Å². The van der Waals surface area contributed by atoms with Crippen LogP contribution in [0.1, 0.15) is 36.6 Å². The van der Waals surface area contributed by atoms with Gasteiger partial charge in [0, 0.05) is 17.7 Å². The molecular formula is C17H22N2O2S. The van der Waals surface area contributed by atoms with Gasteiger partial charge in [-0.1, -0.05) is 37.2 Å². The minimum atomic E-state index is -0.0610. The molecule has 0 amide bonds. The molecule has 0 bridgehead atoms. The van der Waals surface area contributed by atoms with E-state index in [0.717, 1.165) is 36.5 Å². The SMILES string of the molecule is CCCCOc1cccc(Cc2c(C)nc(SC)[nH]c2=O)c1. The van der Waals surface area contributed by atoms with Crippen molar-refractivity contribution in [2.45, 2.75) is 38.3 Å². The smallest absolute Gasteiger partial charge is 0.255 e. The zero-order valence-electron chi connectivity index (χ0n) is 13.3. The highest BCUT2D eigenvalue weighted by atomic mass is 32.2. The summed E-state index contributed by atoms with van der Waals surface area (Å²) >= 11 is 1.44. The normalized spacial score (nSPS) is 10.7. The predicted octanol–water partition coefficient (Wildman–Crippen LogP) is 3.57. The van der Waals surface area contributed by atoms with Crippen molar-refractivity contribution in [1.29, 1.82) is 0 Å². The largest absolute Gasteiger partial charge is 0.494 e. The number of aromatic amines is 1. The molecule has 0 saturated heterocycles. The fourth-order valence-electron chi connectivity index (χ4n) is 2.17. The van der Waals surface area contributed by atoms with Crippen molar-refractivity contribution in [1.82, 2.24) is 9.97 Å². The minimum Gasteiger partial charge on any atom is -0.494 e. The average Bonchev–Trinajstić information content (AvgIpc) is 2.51. The zero-order valence-corrected chi connectivity index (χ0v) is 14.1. The lowest BCUT2D eigenvalue weighted by molar-refractivity contribution is 0.309. The molecule has 1 aromatic heterocycles. The number of benzene rings is 1. The van der Waals surface area contributed by atoms with E-state index in [0.29, 0.717) is 17.1 Å². The lowest BCUT2D eigenvalue weighted by Crippen LogP contribution is -2.17. The third kappa shape index (κ3) is 4.37. The van der Waals surface area contributed by atoms with Crippen LogP contribution in [0.4, 0.5) is 0 Å². The maximum absolute atomic E-state index is 12.2. The summed E-state index contributed by atoms with van der Waals surface area (Å²) in [4.78, 5) is 19.4. The molecule has 2 aromatic rings. The van der Waals surface area contributed by atoms with Gasteiger partial charge in [-0.2, -0.15) is 0 Å². The van der Waals surface area contributed by atoms with Crippen LogP contribution in [0.15, 0.2) is 34.2 Å². The molecule has 0 saturated carbocycles. The Morgan fingerprint density at radius 3 is 2.86 bits per heavy atom. The van der Waals surface area contributed by atoms with E-state index in [9.17, 15) is 4.79 Å². The molecule has 0 atom stereocenters. The van der Waals surface area contributed by atoms with Gasteiger partial charge in [-0.25, -0.2) is 4.98 Å². The molecule has 0 fully saturated rings. The highest BCUT2D eigenvalue weighted by Gasteiger charge is 2.09. The van der Waals surface area contributed by atoms with Crippen LogP contribution < -0.4 is 10.3 Å². The van der Waals surface area contributed by atoms with E-state index in [1.54, 1.807) is 0 Å². The molecule has 4 nitrogen and oxygen atoms in total. The number of aromatic nitrogens is 2. The molecule has 0 aliphatic carbocycles. The molecule has 1 aromatic carbocycles. The van der Waals surface area contributed by atoms with Gasteiger partial charge in [0.15, 0.2) is 5.16 Å². The third-order valence-electron chi connectivity index (χ3n) is 3.44. The quantitative estimate of drug-likeness (QED) is 0.482. The van der Waals surface area contributed by atoms with E-state index in [4.69, 9.17) is 4.74 Å². The average molecular weight is 318 g/mol. The number of hydrogen-bond acceptors (Lipinski definition) is 4. The van der Waals surface area contributed by atoms with E-state index in [1.165, 1.54) is 11.8 Å². The monoisotopic (exact) mass is 318 g/mol. The first kappa shape index (κ1) is 16.6. The molecule has 1 N–H and O–H groups in total. The van der Waals surface area contributed by atoms with Crippen molar-refractivity contribution in [3.05, 3.63) is 51.4 Å². The first-order valence-corrected chi connectivity index (χ1v) is 8.72. The first-order valence-electron chi connectivity index (χ1n) is 7.49. The maximum Gasteiger partial charge on any atom is 0.255 e. The second kappa shape index (κ2) is 8.03. The number of unbranched alkanes of at least 4 members (excludes halogenated alkanes) is 1. The van der Waals surface area contributed by atoms with Crippen molar-refractivity contribution in [2.75, 3.05) is 12.9 Å². The fourth-order valence-corrected chi connectivity index (χ4v) is 2.60. The number of nitrogens with zero attached hydrogens (tertiary/aromatic N) is 1. The van der Waals surface area contributed by atoms with Crippen LogP contribution in [0.25, 0.3) is 0 Å². The number of hydrogen-bond donors (Lipinski definition) is 1. The standard InChI is InChI=1S/C17H22N2O2S/c1-4-5-9-21-14-8-6-7-13(10-14)11-15-12(2)18-17(22-3)19-16(15)20/h6-8,10H,4-5,9,11H2,1-3H3,(H,18,19,20). The van der Waals surface area contributed by atoms with E-state index < -0.39 is 0 Å². The Bertz CT molecular complexity index is 683. The summed E-state index contributed by atoms with van der Waals surface area (Å²) in [5.41, 5.74) is 2.49. The summed E-state index contributed by atoms with van der Waals surface area (Å²) in [6, 6.07) is 7.92. The maximum atomic E-state index is 12.2. The van der Waals surface area contributed by atoms with Gasteiger partial charge in [-0.15, -0.1) is 0 Å². The zero-order chi connectivity index (χ0) is 15.9. The Hall–Kier alpha value is -1.75. The van der Waals surface area contributed by atoms with Gasteiger partial charge in [-0.3, -0.25) is 4.79 Å². The van der Waals surface area contributed by atoms with Crippen LogP contribution in [0.3, 0.4) is 0 Å². The van der Waals surface area contributed by atoms with Gasteiger partial charge in [0.2, 0.25) is 0 Å². The van der Waals surface area contributed by atoms with Crippen LogP contribution in [-0.2, 0) is 6.42 Å². The van der Waals surface area contributed by atoms with Gasteiger partial charge < -0.3 is 9.72 Å². The molecule has 118 valence electrons. The Morgan fingerprint density at radius 2 is 2.18 bits per heavy atom. The van der Waals surface area contributed by atoms with Gasteiger partial charge >= 0.3 is 0 Å². The van der Waals surface area contributed by atoms with Crippen molar-refractivity contribution >= 4 is 11.8 Å².